The molecule has 8 nitrogen and oxygen atoms in total. The second kappa shape index (κ2) is 7.07. The number of hydrogen-bond donors (Lipinski definition) is 1. The normalized spacial score (nSPS) is 13.8. The van der Waals surface area contributed by atoms with Gasteiger partial charge in [-0.3, -0.25) is 15.0 Å². The van der Waals surface area contributed by atoms with E-state index in [9.17, 15) is 9.59 Å². The molecule has 0 bridgehead atoms. The number of rotatable bonds is 5. The molecule has 4 rings (SSSR count). The quantitative estimate of drug-likeness (QED) is 0.684. The molecule has 1 aliphatic heterocycles. The minimum Gasteiger partial charge on any atom is -0.436 e. The first-order valence-electron chi connectivity index (χ1n) is 8.77. The number of nitrogens with zero attached hydrogens (tertiary/aromatic N) is 4. The molecule has 1 N–H and O–H groups in total. The zero-order chi connectivity index (χ0) is 19.7. The van der Waals surface area contributed by atoms with Gasteiger partial charge in [0.15, 0.2) is 5.76 Å². The summed E-state index contributed by atoms with van der Waals surface area (Å²) in [6.07, 6.45) is 5.09. The van der Waals surface area contributed by atoms with E-state index >= 15 is 0 Å². The highest BCUT2D eigenvalue weighted by molar-refractivity contribution is 6.16. The third-order valence-electron chi connectivity index (χ3n) is 4.31. The van der Waals surface area contributed by atoms with E-state index in [1.54, 1.807) is 19.3 Å². The van der Waals surface area contributed by atoms with Gasteiger partial charge in [0.05, 0.1) is 17.5 Å². The number of carbonyl (C=O) groups excluding carboxylic acids is 2. The Hall–Kier alpha value is -3.81. The standard InChI is InChI=1S/C20H17N5O3/c1-3-15-14(18-21-11-16(28-18)13-7-5-4-6-8-13)10-22-20(23-15)24-25-17(26)9-12(2)19(25)27/h4-11H,3H2,1-2H3,(H,22,23,24). The van der Waals surface area contributed by atoms with Gasteiger partial charge in [-0.1, -0.05) is 37.3 Å². The first-order valence-corrected chi connectivity index (χ1v) is 8.77. The Balaban J connectivity index is 1.61. The summed E-state index contributed by atoms with van der Waals surface area (Å²) >= 11 is 0. The Morgan fingerprint density at radius 2 is 1.89 bits per heavy atom. The number of nitrogens with one attached hydrogen (secondary N) is 1. The van der Waals surface area contributed by atoms with E-state index in [2.05, 4.69) is 20.4 Å². The molecule has 3 aromatic rings. The molecule has 3 heterocycles. The summed E-state index contributed by atoms with van der Waals surface area (Å²) in [5.74, 6) is 0.340. The molecule has 0 fully saturated rings. The van der Waals surface area contributed by atoms with Crippen molar-refractivity contribution < 1.29 is 14.0 Å². The number of anilines is 1. The topological polar surface area (TPSA) is 101 Å². The van der Waals surface area contributed by atoms with E-state index in [0.29, 0.717) is 34.9 Å². The number of carbonyl (C=O) groups is 2. The van der Waals surface area contributed by atoms with Gasteiger partial charge in [-0.15, -0.1) is 0 Å². The van der Waals surface area contributed by atoms with Crippen LogP contribution in [0, 0.1) is 0 Å². The maximum absolute atomic E-state index is 12.0. The number of benzene rings is 1. The molecule has 2 aromatic heterocycles. The first kappa shape index (κ1) is 17.6. The van der Waals surface area contributed by atoms with Gasteiger partial charge in [-0.2, -0.15) is 5.01 Å². The van der Waals surface area contributed by atoms with Crippen LogP contribution in [-0.4, -0.2) is 31.8 Å². The zero-order valence-electron chi connectivity index (χ0n) is 15.3. The van der Waals surface area contributed by atoms with Crippen molar-refractivity contribution in [2.75, 3.05) is 5.43 Å². The van der Waals surface area contributed by atoms with E-state index in [-0.39, 0.29) is 5.95 Å². The minimum absolute atomic E-state index is 0.153. The van der Waals surface area contributed by atoms with Gasteiger partial charge in [0, 0.05) is 23.4 Å². The first-order chi connectivity index (χ1) is 13.6. The lowest BCUT2D eigenvalue weighted by molar-refractivity contribution is -0.135. The Kier molecular flexibility index (Phi) is 4.44. The van der Waals surface area contributed by atoms with Crippen molar-refractivity contribution in [1.29, 1.82) is 0 Å². The number of oxazole rings is 1. The fraction of sp³-hybridized carbons (Fsp3) is 0.150. The smallest absolute Gasteiger partial charge is 0.275 e. The highest BCUT2D eigenvalue weighted by Gasteiger charge is 2.29. The van der Waals surface area contributed by atoms with Crippen LogP contribution in [0.15, 0.2) is 58.8 Å². The van der Waals surface area contributed by atoms with Gasteiger partial charge in [0.25, 0.3) is 11.8 Å². The monoisotopic (exact) mass is 375 g/mol. The number of hydrogen-bond acceptors (Lipinski definition) is 7. The predicted molar refractivity (Wildman–Crippen MR) is 102 cm³/mol. The summed E-state index contributed by atoms with van der Waals surface area (Å²) < 4.78 is 5.88. The van der Waals surface area contributed by atoms with Crippen molar-refractivity contribution in [2.45, 2.75) is 20.3 Å². The molecule has 140 valence electrons. The summed E-state index contributed by atoms with van der Waals surface area (Å²) in [4.78, 5) is 36.8. The average molecular weight is 375 g/mol. The summed E-state index contributed by atoms with van der Waals surface area (Å²) in [6.45, 7) is 3.52. The fourth-order valence-corrected chi connectivity index (χ4v) is 2.85. The van der Waals surface area contributed by atoms with Crippen molar-refractivity contribution in [3.05, 3.63) is 60.1 Å². The van der Waals surface area contributed by atoms with Crippen LogP contribution in [0.2, 0.25) is 0 Å². The van der Waals surface area contributed by atoms with Crippen LogP contribution in [0.1, 0.15) is 19.5 Å². The highest BCUT2D eigenvalue weighted by Crippen LogP contribution is 2.28. The second-order valence-corrected chi connectivity index (χ2v) is 6.22. The maximum atomic E-state index is 12.0. The Morgan fingerprint density at radius 3 is 2.57 bits per heavy atom. The summed E-state index contributed by atoms with van der Waals surface area (Å²) in [6, 6.07) is 9.66. The third-order valence-corrected chi connectivity index (χ3v) is 4.31. The lowest BCUT2D eigenvalue weighted by Crippen LogP contribution is -2.37. The maximum Gasteiger partial charge on any atom is 0.275 e. The van der Waals surface area contributed by atoms with Gasteiger partial charge in [0.2, 0.25) is 11.8 Å². The van der Waals surface area contributed by atoms with Crippen molar-refractivity contribution in [2.24, 2.45) is 0 Å². The van der Waals surface area contributed by atoms with E-state index in [1.165, 1.54) is 6.08 Å². The lowest BCUT2D eigenvalue weighted by Gasteiger charge is -2.16. The van der Waals surface area contributed by atoms with Crippen LogP contribution in [-0.2, 0) is 16.0 Å². The molecule has 8 heteroatoms. The van der Waals surface area contributed by atoms with Crippen molar-refractivity contribution in [1.82, 2.24) is 20.0 Å². The largest absolute Gasteiger partial charge is 0.436 e. The van der Waals surface area contributed by atoms with Gasteiger partial charge >= 0.3 is 0 Å². The second-order valence-electron chi connectivity index (χ2n) is 6.22. The molecule has 0 unspecified atom stereocenters. The van der Waals surface area contributed by atoms with E-state index in [4.69, 9.17) is 4.42 Å². The predicted octanol–water partition coefficient (Wildman–Crippen LogP) is 3.00. The molecule has 0 spiro atoms. The molecule has 0 radical (unpaired) electrons. The molecule has 2 amide bonds. The van der Waals surface area contributed by atoms with Crippen molar-refractivity contribution in [3.63, 3.8) is 0 Å². The van der Waals surface area contributed by atoms with Crippen LogP contribution in [0.4, 0.5) is 5.95 Å². The zero-order valence-corrected chi connectivity index (χ0v) is 15.3. The molecule has 1 aliphatic rings. The molecule has 0 saturated carbocycles. The highest BCUT2D eigenvalue weighted by atomic mass is 16.4. The van der Waals surface area contributed by atoms with Crippen LogP contribution in [0.25, 0.3) is 22.8 Å². The Bertz CT molecular complexity index is 1090. The van der Waals surface area contributed by atoms with Crippen LogP contribution >= 0.6 is 0 Å². The van der Waals surface area contributed by atoms with Gasteiger partial charge in [-0.25, -0.2) is 15.0 Å². The molecule has 1 aromatic carbocycles. The van der Waals surface area contributed by atoms with Gasteiger partial charge in [-0.05, 0) is 13.3 Å². The molecule has 28 heavy (non-hydrogen) atoms. The van der Waals surface area contributed by atoms with Crippen molar-refractivity contribution in [3.8, 4) is 22.8 Å². The van der Waals surface area contributed by atoms with E-state index < -0.39 is 11.8 Å². The van der Waals surface area contributed by atoms with Gasteiger partial charge < -0.3 is 4.42 Å². The molecule has 0 saturated heterocycles. The summed E-state index contributed by atoms with van der Waals surface area (Å²) in [5.41, 5.74) is 5.29. The molecule has 0 atom stereocenters. The van der Waals surface area contributed by atoms with Crippen LogP contribution in [0.3, 0.4) is 0 Å². The number of aryl methyl sites for hydroxylation is 1. The molecular weight excluding hydrogens is 358 g/mol. The Labute approximate surface area is 160 Å². The summed E-state index contributed by atoms with van der Waals surface area (Å²) in [5, 5.41) is 0.891. The Morgan fingerprint density at radius 1 is 1.11 bits per heavy atom. The number of hydrazine groups is 1. The van der Waals surface area contributed by atoms with Crippen molar-refractivity contribution >= 4 is 17.8 Å². The molecular formula is C20H17N5O3. The van der Waals surface area contributed by atoms with Crippen LogP contribution in [0.5, 0.6) is 0 Å². The fourth-order valence-electron chi connectivity index (χ4n) is 2.85. The molecule has 0 aliphatic carbocycles. The SMILES string of the molecule is CCc1nc(NN2C(=O)C=C(C)C2=O)ncc1-c1ncc(-c2ccccc2)o1. The summed E-state index contributed by atoms with van der Waals surface area (Å²) in [7, 11) is 0. The lowest BCUT2D eigenvalue weighted by atomic mass is 10.2. The number of imide groups is 1. The van der Waals surface area contributed by atoms with E-state index in [0.717, 1.165) is 10.6 Å². The minimum atomic E-state index is -0.451. The van der Waals surface area contributed by atoms with E-state index in [1.807, 2.05) is 37.3 Å². The number of amides is 2. The van der Waals surface area contributed by atoms with Gasteiger partial charge in [0.1, 0.15) is 0 Å². The average Bonchev–Trinajstić information content (AvgIpc) is 3.29. The number of aromatic nitrogens is 3. The van der Waals surface area contributed by atoms with Crippen LogP contribution < -0.4 is 5.43 Å². The third kappa shape index (κ3) is 3.16.